The fourth-order valence-electron chi connectivity index (χ4n) is 2.96. The Morgan fingerprint density at radius 3 is 2.64 bits per heavy atom. The zero-order valence-electron chi connectivity index (χ0n) is 13.9. The molecule has 0 saturated carbocycles. The molecule has 1 unspecified atom stereocenters. The van der Waals surface area contributed by atoms with Crippen molar-refractivity contribution in [3.05, 3.63) is 29.3 Å². The zero-order chi connectivity index (χ0) is 18.1. The van der Waals surface area contributed by atoms with Gasteiger partial charge < -0.3 is 11.1 Å². The van der Waals surface area contributed by atoms with Crippen molar-refractivity contribution >= 4 is 29.3 Å². The van der Waals surface area contributed by atoms with Gasteiger partial charge in [-0.05, 0) is 37.1 Å². The maximum absolute atomic E-state index is 12.7. The number of fused-ring (bicyclic) bond motifs is 1. The third kappa shape index (κ3) is 3.12. The molecule has 2 atom stereocenters. The summed E-state index contributed by atoms with van der Waals surface area (Å²) in [4.78, 5) is 49.5. The summed E-state index contributed by atoms with van der Waals surface area (Å²) in [6.07, 6.45) is 0.253. The number of piperidine rings is 1. The molecule has 4 amide bonds. The molecule has 1 fully saturated rings. The van der Waals surface area contributed by atoms with E-state index in [1.807, 2.05) is 6.92 Å². The van der Waals surface area contributed by atoms with E-state index in [2.05, 4.69) is 10.6 Å². The van der Waals surface area contributed by atoms with Gasteiger partial charge in [-0.3, -0.25) is 29.4 Å². The van der Waals surface area contributed by atoms with Gasteiger partial charge in [-0.15, -0.1) is 0 Å². The fourth-order valence-corrected chi connectivity index (χ4v) is 2.96. The summed E-state index contributed by atoms with van der Waals surface area (Å²) in [5.74, 6) is -1.74. The molecule has 2 aliphatic heterocycles. The molecule has 1 saturated heterocycles. The highest BCUT2D eigenvalue weighted by Crippen LogP contribution is 2.29. The van der Waals surface area contributed by atoms with Crippen LogP contribution >= 0.6 is 0 Å². The summed E-state index contributed by atoms with van der Waals surface area (Å²) in [5.41, 5.74) is 6.83. The van der Waals surface area contributed by atoms with Crippen molar-refractivity contribution in [1.82, 2.24) is 10.2 Å². The molecule has 0 spiro atoms. The molecular weight excluding hydrogens is 324 g/mol. The van der Waals surface area contributed by atoms with Gasteiger partial charge in [-0.1, -0.05) is 6.92 Å². The SMILES string of the molecule is C[C@H](CN)CNc1ccc2c(c1)C(=O)N(C1CCC(=O)NC1=O)C2=O. The molecule has 4 N–H and O–H groups in total. The van der Waals surface area contributed by atoms with E-state index in [4.69, 9.17) is 5.73 Å². The molecule has 8 heteroatoms. The number of carbonyl (C=O) groups excluding carboxylic acids is 4. The molecule has 0 aliphatic carbocycles. The quantitative estimate of drug-likeness (QED) is 0.651. The first-order valence-electron chi connectivity index (χ1n) is 8.22. The molecule has 2 aliphatic rings. The monoisotopic (exact) mass is 344 g/mol. The molecule has 0 aromatic heterocycles. The van der Waals surface area contributed by atoms with Gasteiger partial charge in [0.15, 0.2) is 0 Å². The second kappa shape index (κ2) is 6.64. The minimum absolute atomic E-state index is 0.105. The molecule has 0 radical (unpaired) electrons. The highest BCUT2D eigenvalue weighted by Gasteiger charge is 2.44. The molecule has 1 aromatic carbocycles. The number of anilines is 1. The van der Waals surface area contributed by atoms with Crippen LogP contribution in [0.4, 0.5) is 5.69 Å². The van der Waals surface area contributed by atoms with E-state index in [9.17, 15) is 19.2 Å². The number of carbonyl (C=O) groups is 4. The van der Waals surface area contributed by atoms with E-state index in [-0.39, 0.29) is 29.9 Å². The predicted octanol–water partition coefficient (Wildman–Crippen LogP) is 0.0945. The van der Waals surface area contributed by atoms with Gasteiger partial charge in [0.1, 0.15) is 6.04 Å². The van der Waals surface area contributed by atoms with Crippen LogP contribution in [0.25, 0.3) is 0 Å². The van der Waals surface area contributed by atoms with Crippen molar-refractivity contribution in [2.45, 2.75) is 25.8 Å². The maximum Gasteiger partial charge on any atom is 0.262 e. The van der Waals surface area contributed by atoms with Crippen LogP contribution in [0.15, 0.2) is 18.2 Å². The molecule has 3 rings (SSSR count). The van der Waals surface area contributed by atoms with Crippen LogP contribution in [0, 0.1) is 5.92 Å². The van der Waals surface area contributed by atoms with Gasteiger partial charge in [0, 0.05) is 18.7 Å². The number of amides is 4. The van der Waals surface area contributed by atoms with Crippen LogP contribution in [0.3, 0.4) is 0 Å². The lowest BCUT2D eigenvalue weighted by Gasteiger charge is -2.27. The van der Waals surface area contributed by atoms with Crippen molar-refractivity contribution in [3.63, 3.8) is 0 Å². The lowest BCUT2D eigenvalue weighted by molar-refractivity contribution is -0.136. The van der Waals surface area contributed by atoms with Crippen molar-refractivity contribution in [1.29, 1.82) is 0 Å². The lowest BCUT2D eigenvalue weighted by Crippen LogP contribution is -2.54. The second-order valence-corrected chi connectivity index (χ2v) is 6.43. The number of nitrogens with one attached hydrogen (secondary N) is 2. The topological polar surface area (TPSA) is 122 Å². The fraction of sp³-hybridized carbons (Fsp3) is 0.412. The summed E-state index contributed by atoms with van der Waals surface area (Å²) in [5, 5.41) is 5.36. The Bertz CT molecular complexity index is 761. The van der Waals surface area contributed by atoms with Crippen LogP contribution in [-0.2, 0) is 9.59 Å². The van der Waals surface area contributed by atoms with Crippen molar-refractivity contribution in [2.24, 2.45) is 11.7 Å². The van der Waals surface area contributed by atoms with Gasteiger partial charge in [-0.25, -0.2) is 0 Å². The number of imide groups is 2. The summed E-state index contributed by atoms with van der Waals surface area (Å²) in [7, 11) is 0. The van der Waals surface area contributed by atoms with E-state index in [1.165, 1.54) is 0 Å². The Kier molecular flexibility index (Phi) is 4.54. The average molecular weight is 344 g/mol. The molecular formula is C17H20N4O4. The Morgan fingerprint density at radius 1 is 1.24 bits per heavy atom. The van der Waals surface area contributed by atoms with Crippen LogP contribution in [0.1, 0.15) is 40.5 Å². The summed E-state index contributed by atoms with van der Waals surface area (Å²) < 4.78 is 0. The molecule has 1 aromatic rings. The minimum Gasteiger partial charge on any atom is -0.385 e. The van der Waals surface area contributed by atoms with E-state index in [0.29, 0.717) is 18.8 Å². The van der Waals surface area contributed by atoms with Crippen molar-refractivity contribution in [3.8, 4) is 0 Å². The number of benzene rings is 1. The highest BCUT2D eigenvalue weighted by molar-refractivity contribution is 6.23. The van der Waals surface area contributed by atoms with Gasteiger partial charge >= 0.3 is 0 Å². The lowest BCUT2D eigenvalue weighted by atomic mass is 10.0. The van der Waals surface area contributed by atoms with Crippen LogP contribution in [0.5, 0.6) is 0 Å². The van der Waals surface area contributed by atoms with E-state index in [0.717, 1.165) is 4.90 Å². The third-order valence-electron chi connectivity index (χ3n) is 4.50. The van der Waals surface area contributed by atoms with Gasteiger partial charge in [0.05, 0.1) is 11.1 Å². The normalized spacial score (nSPS) is 21.2. The number of hydrogen-bond donors (Lipinski definition) is 3. The first kappa shape index (κ1) is 17.1. The van der Waals surface area contributed by atoms with Crippen LogP contribution < -0.4 is 16.4 Å². The Labute approximate surface area is 144 Å². The summed E-state index contributed by atoms with van der Waals surface area (Å²) >= 11 is 0. The smallest absolute Gasteiger partial charge is 0.262 e. The molecule has 0 bridgehead atoms. The Balaban J connectivity index is 1.82. The Morgan fingerprint density at radius 2 is 1.96 bits per heavy atom. The molecule has 2 heterocycles. The number of rotatable bonds is 5. The van der Waals surface area contributed by atoms with Gasteiger partial charge in [0.2, 0.25) is 11.8 Å². The number of nitrogens with zero attached hydrogens (tertiary/aromatic N) is 1. The first-order valence-corrected chi connectivity index (χ1v) is 8.22. The average Bonchev–Trinajstić information content (AvgIpc) is 2.84. The van der Waals surface area contributed by atoms with Gasteiger partial charge in [-0.2, -0.15) is 0 Å². The van der Waals surface area contributed by atoms with Crippen molar-refractivity contribution < 1.29 is 19.2 Å². The molecule has 8 nitrogen and oxygen atoms in total. The number of hydrogen-bond acceptors (Lipinski definition) is 6. The van der Waals surface area contributed by atoms with E-state index >= 15 is 0 Å². The first-order chi connectivity index (χ1) is 11.9. The summed E-state index contributed by atoms with van der Waals surface area (Å²) in [6, 6.07) is 3.97. The van der Waals surface area contributed by atoms with Crippen LogP contribution in [-0.4, -0.2) is 47.7 Å². The van der Waals surface area contributed by atoms with E-state index < -0.39 is 29.7 Å². The van der Waals surface area contributed by atoms with Crippen LogP contribution in [0.2, 0.25) is 0 Å². The zero-order valence-corrected chi connectivity index (χ0v) is 13.9. The summed E-state index contributed by atoms with van der Waals surface area (Å²) in [6.45, 7) is 3.19. The Hall–Kier alpha value is -2.74. The molecule has 132 valence electrons. The minimum atomic E-state index is -0.946. The largest absolute Gasteiger partial charge is 0.385 e. The molecule has 25 heavy (non-hydrogen) atoms. The van der Waals surface area contributed by atoms with E-state index in [1.54, 1.807) is 18.2 Å². The second-order valence-electron chi connectivity index (χ2n) is 6.43. The third-order valence-corrected chi connectivity index (χ3v) is 4.50. The standard InChI is InChI=1S/C17H20N4O4/c1-9(7-18)8-19-10-2-3-11-12(6-10)17(25)21(16(11)24)13-4-5-14(22)20-15(13)23/h2-3,6,9,13,19H,4-5,7-8,18H2,1H3,(H,20,22,23)/t9-,13?/m1/s1. The predicted molar refractivity (Wildman–Crippen MR) is 89.8 cm³/mol. The number of nitrogens with two attached hydrogens (primary N) is 1. The maximum atomic E-state index is 12.7. The van der Waals surface area contributed by atoms with Crippen molar-refractivity contribution in [2.75, 3.05) is 18.4 Å². The van der Waals surface area contributed by atoms with Gasteiger partial charge in [0.25, 0.3) is 11.8 Å². The highest BCUT2D eigenvalue weighted by atomic mass is 16.2.